The van der Waals surface area contributed by atoms with Gasteiger partial charge in [0.2, 0.25) is 0 Å². The van der Waals surface area contributed by atoms with E-state index in [1.54, 1.807) is 0 Å². The second-order valence-electron chi connectivity index (χ2n) is 5.13. The number of likely N-dealkylation sites (tertiary alicyclic amines) is 1. The van der Waals surface area contributed by atoms with E-state index in [0.717, 1.165) is 6.54 Å². The molecule has 0 aromatic heterocycles. The van der Waals surface area contributed by atoms with Crippen LogP contribution in [0.4, 0.5) is 0 Å². The Labute approximate surface area is 95.0 Å². The molecule has 1 rings (SSSR count). The normalized spacial score (nSPS) is 27.2. The van der Waals surface area contributed by atoms with Crippen LogP contribution in [0.1, 0.15) is 47.5 Å². The van der Waals surface area contributed by atoms with Crippen LogP contribution in [0.3, 0.4) is 0 Å². The maximum Gasteiger partial charge on any atom is 0.0705 e. The Morgan fingerprint density at radius 3 is 2.47 bits per heavy atom. The van der Waals surface area contributed by atoms with E-state index < -0.39 is 0 Å². The van der Waals surface area contributed by atoms with Crippen LogP contribution in [0.2, 0.25) is 0 Å². The lowest BCUT2D eigenvalue weighted by molar-refractivity contribution is -0.0499. The molecule has 2 nitrogen and oxygen atoms in total. The quantitative estimate of drug-likeness (QED) is 0.696. The highest BCUT2D eigenvalue weighted by Crippen LogP contribution is 2.23. The predicted octanol–water partition coefficient (Wildman–Crippen LogP) is 2.92. The van der Waals surface area contributed by atoms with Crippen LogP contribution >= 0.6 is 0 Å². The van der Waals surface area contributed by atoms with Crippen LogP contribution in [-0.4, -0.2) is 36.2 Å². The smallest absolute Gasteiger partial charge is 0.0705 e. The van der Waals surface area contributed by atoms with E-state index in [1.165, 1.54) is 19.4 Å². The summed E-state index contributed by atoms with van der Waals surface area (Å²) in [6.07, 6.45) is 3.39. The van der Waals surface area contributed by atoms with Crippen LogP contribution in [0, 0.1) is 5.92 Å². The average molecular weight is 213 g/mol. The van der Waals surface area contributed by atoms with Crippen LogP contribution in [-0.2, 0) is 4.74 Å². The van der Waals surface area contributed by atoms with Crippen molar-refractivity contribution in [3.8, 4) is 0 Å². The fraction of sp³-hybridized carbons (Fsp3) is 1.00. The van der Waals surface area contributed by atoms with Gasteiger partial charge in [-0.1, -0.05) is 20.8 Å². The predicted molar refractivity (Wildman–Crippen MR) is 65.1 cm³/mol. The molecule has 2 heteroatoms. The maximum absolute atomic E-state index is 6.09. The Bertz CT molecular complexity index is 181. The molecular formula is C13H27NO. The van der Waals surface area contributed by atoms with E-state index in [1.807, 2.05) is 0 Å². The number of hydrogen-bond acceptors (Lipinski definition) is 2. The summed E-state index contributed by atoms with van der Waals surface area (Å²) in [6.45, 7) is 13.5. The highest BCUT2D eigenvalue weighted by atomic mass is 16.5. The van der Waals surface area contributed by atoms with Gasteiger partial charge in [-0.2, -0.15) is 0 Å². The molecular weight excluding hydrogens is 186 g/mol. The third-order valence-electron chi connectivity index (χ3n) is 3.73. The molecule has 1 saturated heterocycles. The van der Waals surface area contributed by atoms with Crippen LogP contribution in [0.5, 0.6) is 0 Å². The van der Waals surface area contributed by atoms with Crippen molar-refractivity contribution in [2.24, 2.45) is 5.92 Å². The molecule has 0 amide bonds. The molecule has 0 saturated carbocycles. The first-order chi connectivity index (χ1) is 7.06. The minimum atomic E-state index is 0.374. The second-order valence-corrected chi connectivity index (χ2v) is 5.13. The van der Waals surface area contributed by atoms with Gasteiger partial charge in [0.1, 0.15) is 0 Å². The molecule has 0 spiro atoms. The molecule has 0 bridgehead atoms. The molecule has 0 aromatic rings. The summed E-state index contributed by atoms with van der Waals surface area (Å²) in [5.74, 6) is 0.615. The van der Waals surface area contributed by atoms with E-state index in [-0.39, 0.29) is 0 Å². The molecule has 90 valence electrons. The van der Waals surface area contributed by atoms with Gasteiger partial charge in [0, 0.05) is 6.04 Å². The summed E-state index contributed by atoms with van der Waals surface area (Å²) in [6, 6.07) is 0.649. The second kappa shape index (κ2) is 5.86. The molecule has 15 heavy (non-hydrogen) atoms. The molecule has 0 aromatic carbocycles. The lowest BCUT2D eigenvalue weighted by Crippen LogP contribution is -2.40. The topological polar surface area (TPSA) is 12.5 Å². The zero-order valence-corrected chi connectivity index (χ0v) is 11.0. The summed E-state index contributed by atoms with van der Waals surface area (Å²) >= 11 is 0. The van der Waals surface area contributed by atoms with E-state index in [0.29, 0.717) is 24.2 Å². The van der Waals surface area contributed by atoms with Gasteiger partial charge in [-0.15, -0.1) is 0 Å². The Morgan fingerprint density at radius 2 is 1.93 bits per heavy atom. The highest BCUT2D eigenvalue weighted by Gasteiger charge is 2.29. The molecule has 0 N–H and O–H groups in total. The molecule has 1 aliphatic rings. The number of likely N-dealkylation sites (N-methyl/N-ethyl adjacent to an activating group) is 1. The van der Waals surface area contributed by atoms with Gasteiger partial charge < -0.3 is 4.74 Å². The molecule has 1 heterocycles. The highest BCUT2D eigenvalue weighted by molar-refractivity contribution is 4.83. The zero-order chi connectivity index (χ0) is 11.4. The van der Waals surface area contributed by atoms with Gasteiger partial charge in [0.25, 0.3) is 0 Å². The summed E-state index contributed by atoms with van der Waals surface area (Å²) in [5, 5.41) is 0. The lowest BCUT2D eigenvalue weighted by Gasteiger charge is -2.31. The average Bonchev–Trinajstić information content (AvgIpc) is 2.64. The SMILES string of the molecule is CCN1CCC[C@H]1C(C)O[C@@H](C)C(C)C. The van der Waals surface area contributed by atoms with Crippen molar-refractivity contribution in [3.63, 3.8) is 0 Å². The number of hydrogen-bond donors (Lipinski definition) is 0. The number of ether oxygens (including phenoxy) is 1. The first-order valence-electron chi connectivity index (χ1n) is 6.45. The fourth-order valence-corrected chi connectivity index (χ4v) is 2.36. The van der Waals surface area contributed by atoms with Gasteiger partial charge >= 0.3 is 0 Å². The number of rotatable bonds is 5. The Kier molecular flexibility index (Phi) is 5.07. The van der Waals surface area contributed by atoms with Gasteiger partial charge in [-0.3, -0.25) is 4.90 Å². The fourth-order valence-electron chi connectivity index (χ4n) is 2.36. The molecule has 0 radical (unpaired) electrons. The summed E-state index contributed by atoms with van der Waals surface area (Å²) in [5.41, 5.74) is 0. The Balaban J connectivity index is 2.42. The molecule has 0 aliphatic carbocycles. The summed E-state index contributed by atoms with van der Waals surface area (Å²) in [7, 11) is 0. The van der Waals surface area contributed by atoms with Crippen molar-refractivity contribution >= 4 is 0 Å². The molecule has 1 unspecified atom stereocenters. The molecule has 1 aliphatic heterocycles. The van der Waals surface area contributed by atoms with Crippen LogP contribution < -0.4 is 0 Å². The lowest BCUT2D eigenvalue weighted by atomic mass is 10.1. The summed E-state index contributed by atoms with van der Waals surface area (Å²) < 4.78 is 6.09. The Hall–Kier alpha value is -0.0800. The van der Waals surface area contributed by atoms with E-state index in [4.69, 9.17) is 4.74 Å². The first kappa shape index (κ1) is 13.0. The zero-order valence-electron chi connectivity index (χ0n) is 11.0. The van der Waals surface area contributed by atoms with Gasteiger partial charge in [-0.25, -0.2) is 0 Å². The largest absolute Gasteiger partial charge is 0.374 e. The van der Waals surface area contributed by atoms with E-state index >= 15 is 0 Å². The van der Waals surface area contributed by atoms with E-state index in [2.05, 4.69) is 39.5 Å². The third-order valence-corrected chi connectivity index (χ3v) is 3.73. The van der Waals surface area contributed by atoms with Crippen molar-refractivity contribution in [2.45, 2.75) is 65.7 Å². The van der Waals surface area contributed by atoms with Crippen molar-refractivity contribution in [2.75, 3.05) is 13.1 Å². The first-order valence-corrected chi connectivity index (χ1v) is 6.45. The minimum Gasteiger partial charge on any atom is -0.374 e. The molecule has 3 atom stereocenters. The summed E-state index contributed by atoms with van der Waals surface area (Å²) in [4.78, 5) is 2.55. The van der Waals surface area contributed by atoms with E-state index in [9.17, 15) is 0 Å². The third kappa shape index (κ3) is 3.46. The van der Waals surface area contributed by atoms with Crippen LogP contribution in [0.15, 0.2) is 0 Å². The van der Waals surface area contributed by atoms with Gasteiger partial charge in [-0.05, 0) is 45.7 Å². The monoisotopic (exact) mass is 213 g/mol. The Morgan fingerprint density at radius 1 is 1.27 bits per heavy atom. The van der Waals surface area contributed by atoms with Crippen LogP contribution in [0.25, 0.3) is 0 Å². The van der Waals surface area contributed by atoms with Crippen molar-refractivity contribution < 1.29 is 4.74 Å². The maximum atomic E-state index is 6.09. The molecule has 1 fully saturated rings. The standard InChI is InChI=1S/C13H27NO/c1-6-14-9-7-8-13(14)12(5)15-11(4)10(2)3/h10-13H,6-9H2,1-5H3/t11-,12?,13-/m0/s1. The van der Waals surface area contributed by atoms with Crippen molar-refractivity contribution in [3.05, 3.63) is 0 Å². The van der Waals surface area contributed by atoms with Gasteiger partial charge in [0.15, 0.2) is 0 Å². The minimum absolute atomic E-state index is 0.374. The van der Waals surface area contributed by atoms with Crippen molar-refractivity contribution in [1.29, 1.82) is 0 Å². The van der Waals surface area contributed by atoms with Crippen molar-refractivity contribution in [1.82, 2.24) is 4.90 Å². The van der Waals surface area contributed by atoms with Gasteiger partial charge in [0.05, 0.1) is 12.2 Å². The number of nitrogens with zero attached hydrogens (tertiary/aromatic N) is 1.